The molecule has 0 saturated carbocycles. The SMILES string of the molecule is COc1c(C(=O)O)ccc(F)c1O. The third-order valence-electron chi connectivity index (χ3n) is 1.52. The molecule has 2 N–H and O–H groups in total. The number of methoxy groups -OCH3 is 1. The Hall–Kier alpha value is -1.78. The summed E-state index contributed by atoms with van der Waals surface area (Å²) in [7, 11) is 1.15. The summed E-state index contributed by atoms with van der Waals surface area (Å²) >= 11 is 0. The molecule has 0 aliphatic rings. The van der Waals surface area contributed by atoms with Gasteiger partial charge in [0.05, 0.1) is 7.11 Å². The van der Waals surface area contributed by atoms with Gasteiger partial charge in [-0.25, -0.2) is 9.18 Å². The zero-order valence-electron chi connectivity index (χ0n) is 6.74. The van der Waals surface area contributed by atoms with Gasteiger partial charge in [-0.2, -0.15) is 0 Å². The molecule has 0 unspecified atom stereocenters. The number of carbonyl (C=O) groups is 1. The molecule has 0 radical (unpaired) electrons. The molecule has 0 fully saturated rings. The first-order valence-corrected chi connectivity index (χ1v) is 3.36. The van der Waals surface area contributed by atoms with Gasteiger partial charge in [-0.1, -0.05) is 0 Å². The van der Waals surface area contributed by atoms with Crippen molar-refractivity contribution < 1.29 is 24.1 Å². The summed E-state index contributed by atoms with van der Waals surface area (Å²) in [6.45, 7) is 0. The molecule has 0 aliphatic heterocycles. The van der Waals surface area contributed by atoms with Gasteiger partial charge in [0, 0.05) is 0 Å². The lowest BCUT2D eigenvalue weighted by atomic mass is 10.2. The minimum Gasteiger partial charge on any atom is -0.502 e. The molecule has 5 heteroatoms. The van der Waals surface area contributed by atoms with Crippen LogP contribution >= 0.6 is 0 Å². The Labute approximate surface area is 73.2 Å². The zero-order valence-corrected chi connectivity index (χ0v) is 6.74. The van der Waals surface area contributed by atoms with E-state index in [9.17, 15) is 9.18 Å². The highest BCUT2D eigenvalue weighted by molar-refractivity contribution is 5.91. The van der Waals surface area contributed by atoms with Crippen molar-refractivity contribution in [2.45, 2.75) is 0 Å². The molecule has 0 saturated heterocycles. The Morgan fingerprint density at radius 1 is 1.54 bits per heavy atom. The fraction of sp³-hybridized carbons (Fsp3) is 0.125. The molecule has 13 heavy (non-hydrogen) atoms. The summed E-state index contributed by atoms with van der Waals surface area (Å²) in [5.41, 5.74) is -0.276. The summed E-state index contributed by atoms with van der Waals surface area (Å²) in [6.07, 6.45) is 0. The molecule has 1 rings (SSSR count). The van der Waals surface area contributed by atoms with Crippen LogP contribution in [0.2, 0.25) is 0 Å². The first kappa shape index (κ1) is 9.31. The van der Waals surface area contributed by atoms with Crippen LogP contribution < -0.4 is 4.74 Å². The molecule has 0 aromatic heterocycles. The Balaban J connectivity index is 3.38. The van der Waals surface area contributed by atoms with E-state index in [1.165, 1.54) is 0 Å². The summed E-state index contributed by atoms with van der Waals surface area (Å²) in [6, 6.07) is 1.89. The van der Waals surface area contributed by atoms with Gasteiger partial charge < -0.3 is 14.9 Å². The highest BCUT2D eigenvalue weighted by Gasteiger charge is 2.17. The van der Waals surface area contributed by atoms with E-state index in [2.05, 4.69) is 4.74 Å². The number of rotatable bonds is 2. The Kier molecular flexibility index (Phi) is 2.36. The highest BCUT2D eigenvalue weighted by atomic mass is 19.1. The number of hydrogen-bond acceptors (Lipinski definition) is 3. The van der Waals surface area contributed by atoms with Crippen molar-refractivity contribution in [1.82, 2.24) is 0 Å². The van der Waals surface area contributed by atoms with Gasteiger partial charge in [-0.05, 0) is 12.1 Å². The summed E-state index contributed by atoms with van der Waals surface area (Å²) in [5.74, 6) is -3.36. The van der Waals surface area contributed by atoms with Gasteiger partial charge in [0.1, 0.15) is 5.56 Å². The van der Waals surface area contributed by atoms with Gasteiger partial charge >= 0.3 is 5.97 Å². The second kappa shape index (κ2) is 3.30. The Morgan fingerprint density at radius 2 is 2.15 bits per heavy atom. The number of phenols is 1. The van der Waals surface area contributed by atoms with Crippen LogP contribution in [0.5, 0.6) is 11.5 Å². The fourth-order valence-electron chi connectivity index (χ4n) is 0.922. The largest absolute Gasteiger partial charge is 0.502 e. The molecule has 0 bridgehead atoms. The lowest BCUT2D eigenvalue weighted by Crippen LogP contribution is -2.01. The smallest absolute Gasteiger partial charge is 0.339 e. The van der Waals surface area contributed by atoms with Crippen LogP contribution in [0.25, 0.3) is 0 Å². The number of hydrogen-bond donors (Lipinski definition) is 2. The van der Waals surface area contributed by atoms with Crippen molar-refractivity contribution >= 4 is 5.97 Å². The average molecular weight is 186 g/mol. The molecule has 1 aromatic rings. The molecule has 1 aromatic carbocycles. The molecule has 0 aliphatic carbocycles. The van der Waals surface area contributed by atoms with E-state index >= 15 is 0 Å². The molecule has 0 heterocycles. The molecular formula is C8H7FO4. The van der Waals surface area contributed by atoms with Crippen molar-refractivity contribution in [3.63, 3.8) is 0 Å². The van der Waals surface area contributed by atoms with E-state index in [0.717, 1.165) is 19.2 Å². The Bertz CT molecular complexity index is 348. The predicted molar refractivity (Wildman–Crippen MR) is 41.6 cm³/mol. The summed E-state index contributed by atoms with van der Waals surface area (Å²) in [5, 5.41) is 17.7. The van der Waals surface area contributed by atoms with E-state index in [1.807, 2.05) is 0 Å². The quantitative estimate of drug-likeness (QED) is 0.729. The number of aromatic carboxylic acids is 1. The van der Waals surface area contributed by atoms with Gasteiger partial charge in [-0.15, -0.1) is 0 Å². The van der Waals surface area contributed by atoms with E-state index in [4.69, 9.17) is 10.2 Å². The van der Waals surface area contributed by atoms with Crippen LogP contribution in [0.4, 0.5) is 4.39 Å². The second-order valence-corrected chi connectivity index (χ2v) is 2.28. The van der Waals surface area contributed by atoms with E-state index in [0.29, 0.717) is 0 Å². The van der Waals surface area contributed by atoms with Gasteiger partial charge in [0.2, 0.25) is 0 Å². The second-order valence-electron chi connectivity index (χ2n) is 2.28. The van der Waals surface area contributed by atoms with E-state index < -0.39 is 17.5 Å². The van der Waals surface area contributed by atoms with Crippen molar-refractivity contribution in [3.05, 3.63) is 23.5 Å². The maximum absolute atomic E-state index is 12.7. The zero-order chi connectivity index (χ0) is 10.0. The first-order valence-electron chi connectivity index (χ1n) is 3.36. The minimum absolute atomic E-state index is 0.276. The summed E-state index contributed by atoms with van der Waals surface area (Å²) in [4.78, 5) is 10.5. The van der Waals surface area contributed by atoms with Gasteiger partial charge in [0.25, 0.3) is 0 Å². The normalized spacial score (nSPS) is 9.69. The van der Waals surface area contributed by atoms with Crippen molar-refractivity contribution in [3.8, 4) is 11.5 Å². The third kappa shape index (κ3) is 1.53. The predicted octanol–water partition coefficient (Wildman–Crippen LogP) is 1.24. The number of aromatic hydroxyl groups is 1. The minimum atomic E-state index is -1.29. The highest BCUT2D eigenvalue weighted by Crippen LogP contribution is 2.32. The van der Waals surface area contributed by atoms with Crippen LogP contribution in [-0.2, 0) is 0 Å². The van der Waals surface area contributed by atoms with Crippen LogP contribution in [0.1, 0.15) is 10.4 Å². The molecular weight excluding hydrogens is 179 g/mol. The van der Waals surface area contributed by atoms with E-state index in [-0.39, 0.29) is 11.3 Å². The van der Waals surface area contributed by atoms with E-state index in [1.54, 1.807) is 0 Å². The van der Waals surface area contributed by atoms with Crippen LogP contribution in [0.3, 0.4) is 0 Å². The summed E-state index contributed by atoms with van der Waals surface area (Å²) < 4.78 is 17.2. The standard InChI is InChI=1S/C8H7FO4/c1-13-7-4(8(11)12)2-3-5(9)6(7)10/h2-3,10H,1H3,(H,11,12). The lowest BCUT2D eigenvalue weighted by molar-refractivity contribution is 0.0692. The first-order chi connectivity index (χ1) is 6.07. The molecule has 4 nitrogen and oxygen atoms in total. The van der Waals surface area contributed by atoms with Gasteiger partial charge in [-0.3, -0.25) is 0 Å². The number of benzene rings is 1. The number of carboxylic acids is 1. The van der Waals surface area contributed by atoms with Crippen LogP contribution in [-0.4, -0.2) is 23.3 Å². The maximum atomic E-state index is 12.7. The number of halogens is 1. The molecule has 0 amide bonds. The van der Waals surface area contributed by atoms with Crippen LogP contribution in [0.15, 0.2) is 12.1 Å². The maximum Gasteiger partial charge on any atom is 0.339 e. The lowest BCUT2D eigenvalue weighted by Gasteiger charge is -2.06. The average Bonchev–Trinajstić information content (AvgIpc) is 2.09. The van der Waals surface area contributed by atoms with Crippen molar-refractivity contribution in [2.75, 3.05) is 7.11 Å². The third-order valence-corrected chi connectivity index (χ3v) is 1.52. The molecule has 0 atom stereocenters. The van der Waals surface area contributed by atoms with Crippen molar-refractivity contribution in [2.24, 2.45) is 0 Å². The topological polar surface area (TPSA) is 66.8 Å². The number of ether oxygens (including phenoxy) is 1. The molecule has 70 valence electrons. The molecule has 0 spiro atoms. The Morgan fingerprint density at radius 3 is 2.62 bits per heavy atom. The van der Waals surface area contributed by atoms with Crippen LogP contribution in [0, 0.1) is 5.82 Å². The monoisotopic (exact) mass is 186 g/mol. The van der Waals surface area contributed by atoms with Gasteiger partial charge in [0.15, 0.2) is 17.3 Å². The van der Waals surface area contributed by atoms with Crippen molar-refractivity contribution in [1.29, 1.82) is 0 Å². The number of carboxylic acid groups (broad SMARTS) is 1. The number of phenolic OH excluding ortho intramolecular Hbond substituents is 1. The fourth-order valence-corrected chi connectivity index (χ4v) is 0.922.